The van der Waals surface area contributed by atoms with Gasteiger partial charge in [-0.3, -0.25) is 4.57 Å². The van der Waals surface area contributed by atoms with Crippen LogP contribution >= 0.6 is 0 Å². The van der Waals surface area contributed by atoms with Gasteiger partial charge in [-0.05, 0) is 41.5 Å². The highest BCUT2D eigenvalue weighted by molar-refractivity contribution is 5.95. The van der Waals surface area contributed by atoms with Crippen LogP contribution in [0.3, 0.4) is 0 Å². The maximum atomic E-state index is 5.81. The zero-order valence-electron chi connectivity index (χ0n) is 16.2. The Morgan fingerprint density at radius 1 is 0.633 bits per heavy atom. The highest BCUT2D eigenvalue weighted by atomic mass is 16.3. The van der Waals surface area contributed by atoms with E-state index >= 15 is 0 Å². The third-order valence-corrected chi connectivity index (χ3v) is 5.52. The maximum absolute atomic E-state index is 5.81. The summed E-state index contributed by atoms with van der Waals surface area (Å²) < 4.78 is 8.02. The van der Waals surface area contributed by atoms with Gasteiger partial charge in [0.2, 0.25) is 0 Å². The third kappa shape index (κ3) is 2.64. The highest BCUT2D eigenvalue weighted by Gasteiger charge is 2.18. The van der Waals surface area contributed by atoms with Crippen molar-refractivity contribution >= 4 is 22.0 Å². The minimum atomic E-state index is 0.866. The first-order chi connectivity index (χ1) is 14.9. The van der Waals surface area contributed by atoms with Gasteiger partial charge in [0, 0.05) is 11.1 Å². The van der Waals surface area contributed by atoms with Gasteiger partial charge >= 0.3 is 0 Å². The van der Waals surface area contributed by atoms with Gasteiger partial charge in [0.25, 0.3) is 0 Å². The summed E-state index contributed by atoms with van der Waals surface area (Å²) >= 11 is 0. The van der Waals surface area contributed by atoms with Gasteiger partial charge in [-0.2, -0.15) is 0 Å². The molecule has 0 aliphatic carbocycles. The van der Waals surface area contributed by atoms with Crippen molar-refractivity contribution in [2.45, 2.75) is 0 Å². The van der Waals surface area contributed by atoms with E-state index < -0.39 is 0 Å². The fourth-order valence-electron chi connectivity index (χ4n) is 4.05. The lowest BCUT2D eigenvalue weighted by molar-refractivity contribution is 0.616. The van der Waals surface area contributed by atoms with E-state index in [0.717, 1.165) is 39.1 Å². The van der Waals surface area contributed by atoms with E-state index in [0.29, 0.717) is 0 Å². The predicted octanol–water partition coefficient (Wildman–Crippen LogP) is 7.11. The number of para-hydroxylation sites is 3. The molecule has 0 saturated carbocycles. The van der Waals surface area contributed by atoms with Gasteiger partial charge in [0.1, 0.15) is 17.7 Å². The fourth-order valence-corrected chi connectivity index (χ4v) is 4.05. The monoisotopic (exact) mass is 386 g/mol. The maximum Gasteiger partial charge on any atom is 0.149 e. The van der Waals surface area contributed by atoms with Crippen LogP contribution in [0.4, 0.5) is 0 Å². The summed E-state index contributed by atoms with van der Waals surface area (Å²) in [6, 6.07) is 35.4. The molecule has 0 atom stereocenters. The van der Waals surface area contributed by atoms with Gasteiger partial charge in [0.05, 0.1) is 16.6 Å². The number of furan rings is 1. The predicted molar refractivity (Wildman–Crippen MR) is 122 cm³/mol. The van der Waals surface area contributed by atoms with E-state index in [4.69, 9.17) is 9.40 Å². The van der Waals surface area contributed by atoms with Gasteiger partial charge in [-0.25, -0.2) is 4.98 Å². The summed E-state index contributed by atoms with van der Waals surface area (Å²) in [4.78, 5) is 4.97. The molecule has 0 fully saturated rings. The van der Waals surface area contributed by atoms with Crippen LogP contribution in [0.15, 0.2) is 114 Å². The average Bonchev–Trinajstić information content (AvgIpc) is 3.41. The van der Waals surface area contributed by atoms with E-state index in [9.17, 15) is 0 Å². The Kier molecular flexibility index (Phi) is 3.78. The van der Waals surface area contributed by atoms with Crippen molar-refractivity contribution in [2.24, 2.45) is 0 Å². The summed E-state index contributed by atoms with van der Waals surface area (Å²) in [7, 11) is 0. The first kappa shape index (κ1) is 16.8. The first-order valence-electron chi connectivity index (χ1n) is 9.98. The van der Waals surface area contributed by atoms with E-state index in [-0.39, 0.29) is 0 Å². The zero-order valence-corrected chi connectivity index (χ0v) is 16.2. The van der Waals surface area contributed by atoms with Crippen LogP contribution in [-0.2, 0) is 0 Å². The largest absolute Gasteiger partial charge is 0.464 e. The second kappa shape index (κ2) is 6.75. The van der Waals surface area contributed by atoms with Crippen molar-refractivity contribution in [3.63, 3.8) is 0 Å². The van der Waals surface area contributed by atoms with Gasteiger partial charge in [-0.15, -0.1) is 0 Å². The molecule has 0 unspecified atom stereocenters. The molecular weight excluding hydrogens is 368 g/mol. The minimum Gasteiger partial charge on any atom is -0.464 e. The quantitative estimate of drug-likeness (QED) is 0.325. The van der Waals surface area contributed by atoms with Gasteiger partial charge < -0.3 is 4.42 Å². The van der Waals surface area contributed by atoms with Crippen LogP contribution in [0.25, 0.3) is 50.2 Å². The molecule has 3 heteroatoms. The molecule has 0 bridgehead atoms. The molecule has 6 rings (SSSR count). The lowest BCUT2D eigenvalue weighted by Crippen LogP contribution is -1.97. The summed E-state index contributed by atoms with van der Waals surface area (Å²) in [5, 5.41) is 1.06. The van der Waals surface area contributed by atoms with Crippen LogP contribution in [-0.4, -0.2) is 9.55 Å². The summed E-state index contributed by atoms with van der Waals surface area (Å²) in [5.41, 5.74) is 7.37. The number of hydrogen-bond donors (Lipinski definition) is 0. The molecule has 3 nitrogen and oxygen atoms in total. The minimum absolute atomic E-state index is 0.866. The van der Waals surface area contributed by atoms with Crippen molar-refractivity contribution in [2.75, 3.05) is 0 Å². The summed E-state index contributed by atoms with van der Waals surface area (Å²) in [5.74, 6) is 0.883. The molecule has 0 radical (unpaired) electrons. The molecule has 0 aliphatic heterocycles. The molecule has 2 heterocycles. The standard InChI is InChI=1S/C27H18N2O/c1-2-8-19(9-3-1)20-14-16-21(17-15-20)29-25-12-6-5-11-24(25)28-27(29)23-18-30-26-13-7-4-10-22(23)26/h1-18H. The van der Waals surface area contributed by atoms with Crippen molar-refractivity contribution < 1.29 is 4.42 Å². The molecule has 30 heavy (non-hydrogen) atoms. The second-order valence-corrected chi connectivity index (χ2v) is 7.32. The summed E-state index contributed by atoms with van der Waals surface area (Å²) in [6.45, 7) is 0. The van der Waals surface area contributed by atoms with Gasteiger partial charge in [0.15, 0.2) is 0 Å². The Morgan fingerprint density at radius 3 is 2.20 bits per heavy atom. The number of hydrogen-bond acceptors (Lipinski definition) is 2. The van der Waals surface area contributed by atoms with Crippen LogP contribution in [0, 0.1) is 0 Å². The van der Waals surface area contributed by atoms with Crippen molar-refractivity contribution in [1.82, 2.24) is 9.55 Å². The van der Waals surface area contributed by atoms with Crippen molar-refractivity contribution in [1.29, 1.82) is 0 Å². The SMILES string of the molecule is c1ccc(-c2ccc(-n3c(-c4coc5ccccc45)nc4ccccc43)cc2)cc1. The number of imidazole rings is 1. The Labute approximate surface area is 173 Å². The number of fused-ring (bicyclic) bond motifs is 2. The number of aromatic nitrogens is 2. The average molecular weight is 386 g/mol. The highest BCUT2D eigenvalue weighted by Crippen LogP contribution is 2.34. The lowest BCUT2D eigenvalue weighted by Gasteiger charge is -2.10. The Hall–Kier alpha value is -4.11. The lowest BCUT2D eigenvalue weighted by atomic mass is 10.1. The van der Waals surface area contributed by atoms with Crippen LogP contribution < -0.4 is 0 Å². The van der Waals surface area contributed by atoms with Crippen LogP contribution in [0.5, 0.6) is 0 Å². The molecule has 6 aromatic rings. The van der Waals surface area contributed by atoms with Crippen LogP contribution in [0.2, 0.25) is 0 Å². The molecule has 0 spiro atoms. The molecule has 0 amide bonds. The molecule has 0 saturated heterocycles. The molecule has 0 N–H and O–H groups in total. The van der Waals surface area contributed by atoms with Gasteiger partial charge in [-0.1, -0.05) is 72.8 Å². The number of nitrogens with zero attached hydrogens (tertiary/aromatic N) is 2. The summed E-state index contributed by atoms with van der Waals surface area (Å²) in [6.07, 6.45) is 1.81. The van der Waals surface area contributed by atoms with E-state index in [1.54, 1.807) is 6.26 Å². The van der Waals surface area contributed by atoms with E-state index in [1.807, 2.05) is 30.3 Å². The smallest absolute Gasteiger partial charge is 0.149 e. The number of benzene rings is 4. The normalized spacial score (nSPS) is 11.3. The zero-order chi connectivity index (χ0) is 19.9. The Morgan fingerprint density at radius 2 is 1.33 bits per heavy atom. The topological polar surface area (TPSA) is 31.0 Å². The number of rotatable bonds is 3. The Balaban J connectivity index is 1.57. The molecule has 2 aromatic heterocycles. The molecular formula is C27H18N2O. The van der Waals surface area contributed by atoms with Crippen molar-refractivity contribution in [3.05, 3.63) is 109 Å². The first-order valence-corrected chi connectivity index (χ1v) is 9.98. The van der Waals surface area contributed by atoms with Crippen LogP contribution in [0.1, 0.15) is 0 Å². The van der Waals surface area contributed by atoms with E-state index in [2.05, 4.69) is 77.4 Å². The molecule has 0 aliphatic rings. The Bertz CT molecular complexity index is 1470. The second-order valence-electron chi connectivity index (χ2n) is 7.32. The fraction of sp³-hybridized carbons (Fsp3) is 0. The van der Waals surface area contributed by atoms with Crippen molar-refractivity contribution in [3.8, 4) is 28.2 Å². The third-order valence-electron chi connectivity index (χ3n) is 5.52. The molecule has 4 aromatic carbocycles. The molecule has 142 valence electrons. The van der Waals surface area contributed by atoms with E-state index in [1.165, 1.54) is 11.1 Å².